The second-order valence-corrected chi connectivity index (χ2v) is 10.6. The lowest BCUT2D eigenvalue weighted by Crippen LogP contribution is -2.40. The van der Waals surface area contributed by atoms with E-state index in [1.54, 1.807) is 54.6 Å². The predicted octanol–water partition coefficient (Wildman–Crippen LogP) is 3.50. The minimum Gasteiger partial charge on any atom is -0.538 e. The lowest BCUT2D eigenvalue weighted by Gasteiger charge is -2.14. The standard InChI is InChI=1S/C29H21N5O5S/c1-19-11-15-23(16-12-19)34-28(29(36)39-32-34)40(37,38)31-21-13-17-22(18-14-21)33-26(20-7-3-2-4-8-20)30-25-10-6-5-9-24(25)27(33)35/h2-18,31H,1H3. The Balaban J connectivity index is 1.39. The molecule has 2 aromatic heterocycles. The van der Waals surface area contributed by atoms with Crippen LogP contribution in [0.25, 0.3) is 33.7 Å². The minimum absolute atomic E-state index is 0.169. The predicted molar refractivity (Wildman–Crippen MR) is 146 cm³/mol. The van der Waals surface area contributed by atoms with E-state index in [0.29, 0.717) is 28.1 Å². The maximum absolute atomic E-state index is 13.6. The number of nitrogens with one attached hydrogen (secondary N) is 1. The second-order valence-electron chi connectivity index (χ2n) is 9.02. The van der Waals surface area contributed by atoms with Crippen LogP contribution in [0.3, 0.4) is 0 Å². The molecule has 6 aromatic rings. The molecule has 0 atom stereocenters. The molecule has 6 rings (SSSR count). The number of hydrogen-bond donors (Lipinski definition) is 1. The third kappa shape index (κ3) is 4.48. The van der Waals surface area contributed by atoms with Gasteiger partial charge >= 0.3 is 15.0 Å². The van der Waals surface area contributed by atoms with Gasteiger partial charge in [-0.05, 0) is 48.0 Å². The smallest absolute Gasteiger partial charge is 0.373 e. The summed E-state index contributed by atoms with van der Waals surface area (Å²) < 4.78 is 36.0. The normalized spacial score (nSPS) is 11.5. The molecule has 0 saturated heterocycles. The van der Waals surface area contributed by atoms with Crippen LogP contribution in [0.4, 0.5) is 5.69 Å². The first-order valence-corrected chi connectivity index (χ1v) is 13.7. The zero-order valence-corrected chi connectivity index (χ0v) is 21.9. The minimum atomic E-state index is -4.39. The fourth-order valence-electron chi connectivity index (χ4n) is 4.35. The molecule has 40 heavy (non-hydrogen) atoms. The van der Waals surface area contributed by atoms with Gasteiger partial charge in [-0.3, -0.25) is 14.1 Å². The maximum Gasteiger partial charge on any atom is 0.373 e. The van der Waals surface area contributed by atoms with Crippen molar-refractivity contribution in [2.75, 3.05) is 4.72 Å². The van der Waals surface area contributed by atoms with Crippen LogP contribution in [-0.2, 0) is 10.0 Å². The van der Waals surface area contributed by atoms with Crippen molar-refractivity contribution in [3.63, 3.8) is 0 Å². The van der Waals surface area contributed by atoms with Crippen molar-refractivity contribution in [2.45, 2.75) is 11.9 Å². The summed E-state index contributed by atoms with van der Waals surface area (Å²) in [6.07, 6.45) is 0. The average molecular weight is 552 g/mol. The van der Waals surface area contributed by atoms with Crippen LogP contribution in [0.2, 0.25) is 0 Å². The third-order valence-corrected chi connectivity index (χ3v) is 7.64. The summed E-state index contributed by atoms with van der Waals surface area (Å²) >= 11 is 0. The van der Waals surface area contributed by atoms with Crippen molar-refractivity contribution in [1.82, 2.24) is 14.8 Å². The van der Waals surface area contributed by atoms with Crippen molar-refractivity contribution in [3.05, 3.63) is 119 Å². The Hall–Kier alpha value is -5.29. The molecule has 10 nitrogen and oxygen atoms in total. The van der Waals surface area contributed by atoms with Crippen LogP contribution in [0, 0.1) is 6.92 Å². The Bertz CT molecular complexity index is 2020. The number of benzene rings is 4. The van der Waals surface area contributed by atoms with E-state index in [0.717, 1.165) is 15.8 Å². The molecule has 0 fully saturated rings. The van der Waals surface area contributed by atoms with E-state index in [1.165, 1.54) is 16.7 Å². The van der Waals surface area contributed by atoms with Crippen LogP contribution in [0.5, 0.6) is 5.95 Å². The van der Waals surface area contributed by atoms with Crippen molar-refractivity contribution in [3.8, 4) is 28.7 Å². The molecule has 198 valence electrons. The summed E-state index contributed by atoms with van der Waals surface area (Å²) in [5, 5.41) is 15.8. The summed E-state index contributed by atoms with van der Waals surface area (Å²) in [6.45, 7) is 1.88. The summed E-state index contributed by atoms with van der Waals surface area (Å²) in [5.74, 6) is -0.664. The number of anilines is 1. The van der Waals surface area contributed by atoms with Gasteiger partial charge in [-0.1, -0.05) is 60.2 Å². The van der Waals surface area contributed by atoms with Crippen LogP contribution in [0.1, 0.15) is 5.56 Å². The summed E-state index contributed by atoms with van der Waals surface area (Å²) in [7, 11) is -4.39. The zero-order valence-electron chi connectivity index (χ0n) is 21.1. The molecule has 0 aliphatic carbocycles. The molecule has 0 bridgehead atoms. The molecule has 0 aliphatic heterocycles. The molecule has 0 aliphatic rings. The number of hydrogen-bond acceptors (Lipinski definition) is 7. The SMILES string of the molecule is Cc1ccc(-[n+]2noc([O-])c2S(=O)(=O)Nc2ccc(-n3c(-c4ccccc4)nc4ccccc4c3=O)cc2)cc1. The largest absolute Gasteiger partial charge is 0.538 e. The fourth-order valence-corrected chi connectivity index (χ4v) is 5.52. The van der Waals surface area contributed by atoms with E-state index in [-0.39, 0.29) is 11.2 Å². The van der Waals surface area contributed by atoms with Crippen molar-refractivity contribution in [2.24, 2.45) is 0 Å². The van der Waals surface area contributed by atoms with Crippen molar-refractivity contribution in [1.29, 1.82) is 0 Å². The monoisotopic (exact) mass is 551 g/mol. The van der Waals surface area contributed by atoms with Gasteiger partial charge in [0.1, 0.15) is 5.82 Å². The van der Waals surface area contributed by atoms with E-state index in [2.05, 4.69) is 14.5 Å². The molecule has 0 unspecified atom stereocenters. The van der Waals surface area contributed by atoms with E-state index >= 15 is 0 Å². The molecule has 0 radical (unpaired) electrons. The quantitative estimate of drug-likeness (QED) is 0.313. The molecule has 1 N–H and O–H groups in total. The highest BCUT2D eigenvalue weighted by atomic mass is 32.2. The third-order valence-electron chi connectivity index (χ3n) is 6.29. The number of aryl methyl sites for hydroxylation is 1. The van der Waals surface area contributed by atoms with E-state index < -0.39 is 21.0 Å². The van der Waals surface area contributed by atoms with Gasteiger partial charge in [0.15, 0.2) is 5.95 Å². The van der Waals surface area contributed by atoms with Gasteiger partial charge in [-0.25, -0.2) is 4.98 Å². The second kappa shape index (κ2) is 9.79. The van der Waals surface area contributed by atoms with E-state index in [9.17, 15) is 18.3 Å². The number of rotatable bonds is 6. The fraction of sp³-hybridized carbons (Fsp3) is 0.0345. The molecule has 0 saturated carbocycles. The van der Waals surface area contributed by atoms with Crippen molar-refractivity contribution < 1.29 is 22.7 Å². The molecular weight excluding hydrogens is 530 g/mol. The number of para-hydroxylation sites is 1. The van der Waals surface area contributed by atoms with Gasteiger partial charge in [-0.2, -0.15) is 8.42 Å². The molecule has 11 heteroatoms. The van der Waals surface area contributed by atoms with E-state index in [1.807, 2.05) is 43.3 Å². The number of aromatic nitrogens is 4. The van der Waals surface area contributed by atoms with Gasteiger partial charge in [-0.15, -0.1) is 0 Å². The van der Waals surface area contributed by atoms with Crippen LogP contribution in [0.15, 0.2) is 117 Å². The summed E-state index contributed by atoms with van der Waals surface area (Å²) in [5.41, 5.74) is 2.99. The first-order valence-electron chi connectivity index (χ1n) is 12.2. The number of nitrogens with zero attached hydrogens (tertiary/aromatic N) is 4. The molecule has 2 heterocycles. The molecule has 4 aromatic carbocycles. The van der Waals surface area contributed by atoms with E-state index in [4.69, 9.17) is 4.98 Å². The highest BCUT2D eigenvalue weighted by Crippen LogP contribution is 2.25. The first-order chi connectivity index (χ1) is 19.3. The maximum atomic E-state index is 13.6. The van der Waals surface area contributed by atoms with Gasteiger partial charge < -0.3 is 9.63 Å². The van der Waals surface area contributed by atoms with Crippen LogP contribution in [-0.4, -0.2) is 23.2 Å². The van der Waals surface area contributed by atoms with Gasteiger partial charge in [0.05, 0.1) is 21.9 Å². The van der Waals surface area contributed by atoms with Gasteiger partial charge in [0, 0.05) is 23.4 Å². The van der Waals surface area contributed by atoms with Gasteiger partial charge in [0.25, 0.3) is 5.56 Å². The van der Waals surface area contributed by atoms with Crippen LogP contribution < -0.4 is 20.1 Å². The number of sulfonamides is 1. The zero-order chi connectivity index (χ0) is 27.9. The van der Waals surface area contributed by atoms with Crippen molar-refractivity contribution >= 4 is 26.6 Å². The topological polar surface area (TPSA) is 134 Å². The highest BCUT2D eigenvalue weighted by Gasteiger charge is 2.33. The lowest BCUT2D eigenvalue weighted by atomic mass is 10.1. The summed E-state index contributed by atoms with van der Waals surface area (Å²) in [4.78, 5) is 18.3. The molecule has 0 spiro atoms. The van der Waals surface area contributed by atoms with Crippen LogP contribution >= 0.6 is 0 Å². The van der Waals surface area contributed by atoms with Gasteiger partial charge in [0.2, 0.25) is 5.69 Å². The Morgan fingerprint density at radius 2 is 1.55 bits per heavy atom. The number of fused-ring (bicyclic) bond motifs is 1. The molecular formula is C29H21N5O5S. The lowest BCUT2D eigenvalue weighted by molar-refractivity contribution is -0.706. The Kier molecular flexibility index (Phi) is 6.12. The highest BCUT2D eigenvalue weighted by molar-refractivity contribution is 7.92. The molecule has 0 amide bonds. The Morgan fingerprint density at radius 3 is 2.27 bits per heavy atom. The first kappa shape index (κ1) is 25.0. The Labute approximate surface area is 228 Å². The average Bonchev–Trinajstić information content (AvgIpc) is 3.36. The summed E-state index contributed by atoms with van der Waals surface area (Å²) in [6, 6.07) is 29.4. The Morgan fingerprint density at radius 1 is 0.875 bits per heavy atom.